The fraction of sp³-hybridized carbons (Fsp3) is 0.375. The summed E-state index contributed by atoms with van der Waals surface area (Å²) in [6, 6.07) is 55.9. The molecule has 0 radical (unpaired) electrons. The fourth-order valence-corrected chi connectivity index (χ4v) is 18.7. The lowest BCUT2D eigenvalue weighted by Crippen LogP contribution is -2.47. The van der Waals surface area contributed by atoms with Crippen LogP contribution < -0.4 is 5.32 Å². The van der Waals surface area contributed by atoms with E-state index in [-0.39, 0.29) is 80.7 Å². The van der Waals surface area contributed by atoms with Crippen LogP contribution in [0.25, 0.3) is 0 Å². The van der Waals surface area contributed by atoms with Gasteiger partial charge in [0.15, 0.2) is 0 Å². The number of ether oxygens (including phenoxy) is 2. The van der Waals surface area contributed by atoms with Crippen molar-refractivity contribution in [3.63, 3.8) is 0 Å². The summed E-state index contributed by atoms with van der Waals surface area (Å²) in [6.07, 6.45) is 27.2. The van der Waals surface area contributed by atoms with Gasteiger partial charge in [-0.25, -0.2) is 34.3 Å². The molecule has 4 aromatic carbocycles. The van der Waals surface area contributed by atoms with Gasteiger partial charge >= 0.3 is 18.2 Å². The third-order valence-electron chi connectivity index (χ3n) is 26.0. The number of carbonyl (C=O) groups is 6. The summed E-state index contributed by atoms with van der Waals surface area (Å²) in [5, 5.41) is 55.4. The first-order chi connectivity index (χ1) is 68.5. The molecular weight excluding hydrogens is 1860 g/mol. The predicted octanol–water partition coefficient (Wildman–Crippen LogP) is 19.5. The Morgan fingerprint density at radius 1 is 0.382 bits per heavy atom. The molecule has 4 fully saturated rings. The van der Waals surface area contributed by atoms with Crippen LogP contribution in [0.15, 0.2) is 268 Å². The van der Waals surface area contributed by atoms with Gasteiger partial charge in [-0.2, -0.15) is 17.6 Å². The number of hydrogen-bond acceptors (Lipinski definition) is 21. The number of carboxylic acid groups (broad SMARTS) is 1. The minimum atomic E-state index is -0.975. The first kappa shape index (κ1) is 111. The number of rotatable bonds is 28. The van der Waals surface area contributed by atoms with Crippen LogP contribution in [-0.4, -0.2) is 189 Å². The Labute approximate surface area is 846 Å². The van der Waals surface area contributed by atoms with Crippen molar-refractivity contribution in [3.8, 4) is 0 Å². The van der Waals surface area contributed by atoms with Gasteiger partial charge < -0.3 is 55.0 Å². The van der Waals surface area contributed by atoms with E-state index in [1.54, 1.807) is 197 Å². The molecule has 12 aromatic rings. The highest BCUT2D eigenvalue weighted by molar-refractivity contribution is 5.95. The highest BCUT2D eigenvalue weighted by Crippen LogP contribution is 2.44. The molecule has 762 valence electrons. The minimum absolute atomic E-state index is 0. The topological polar surface area (TPSA) is 353 Å². The maximum Gasteiger partial charge on any atom is 0.410 e. The van der Waals surface area contributed by atoms with Gasteiger partial charge in [0.2, 0.25) is 23.8 Å². The molecule has 8 aromatic heterocycles. The van der Waals surface area contributed by atoms with Crippen LogP contribution in [0.2, 0.25) is 0 Å². The standard InChI is InChI=1S/C30H35FN4O4.2C26H28FN3O2.C23H28N2O5.C7H9FN2.ClH.H2/c1-30(2,3)39-29(38)35-24(13-14-25(35)26(36)22-7-5-15-32-18-22)17-20-9-11-21(12-10-20)28(37)34(4)19-23-8-6-16-33-27(23)31;2*1-30(17-23-5-3-13-29-25(23)27)26(32)20-9-6-18(7-10-20)14-19-8-11-21(15-19)24(31)22-4-2-12-28-16-22;1-23(2,3)30-22(29)25-18(13-15-6-8-16(9-7-15)21(27)28)10-11-19(25)20(26)17-5-4-12-24-14-17;1-9-5-6-3-2-4-10-7(6)8;;/h5-12,15-16,18,24-26,36H,13-14,17,19H2,1-4H3;2*2-7,9-10,12-13,16,19,21,24,31H,8,11,14-15,17H2,1H3;4-9,12,14,18-20,26H,10-11,13H2,1-3H3,(H,27,28);2-4,9H,5H2,1H3;2*1H/t24-,25+,26+;2*19-,21-,24-;18-,19+,20+;;;/m0000.../s1. The molecule has 32 heteroatoms. The molecular formula is C112H131ClF4N14O13. The highest BCUT2D eigenvalue weighted by atomic mass is 35.5. The molecule has 2 saturated carbocycles. The molecule has 2 aliphatic heterocycles. The zero-order valence-corrected chi connectivity index (χ0v) is 83.6. The second-order valence-electron chi connectivity index (χ2n) is 38.9. The summed E-state index contributed by atoms with van der Waals surface area (Å²) < 4.78 is 65.4. The maximum absolute atomic E-state index is 13.9. The number of pyridine rings is 8. The van der Waals surface area contributed by atoms with Crippen molar-refractivity contribution in [2.45, 2.75) is 217 Å². The van der Waals surface area contributed by atoms with Crippen molar-refractivity contribution in [1.29, 1.82) is 0 Å². The van der Waals surface area contributed by atoms with Gasteiger partial charge in [0.1, 0.15) is 23.4 Å². The number of carbonyl (C=O) groups excluding carboxylic acids is 5. The van der Waals surface area contributed by atoms with Crippen LogP contribution >= 0.6 is 12.4 Å². The summed E-state index contributed by atoms with van der Waals surface area (Å²) in [5.74, 6) is -2.05. The maximum atomic E-state index is 13.9. The second-order valence-corrected chi connectivity index (χ2v) is 38.9. The van der Waals surface area contributed by atoms with Gasteiger partial charge in [0, 0.05) is 166 Å². The number of aliphatic hydroxyl groups is 4. The molecule has 10 heterocycles. The zero-order valence-electron chi connectivity index (χ0n) is 82.8. The van der Waals surface area contributed by atoms with Gasteiger partial charge in [-0.1, -0.05) is 97.1 Å². The third-order valence-corrected chi connectivity index (χ3v) is 26.0. The number of amides is 5. The van der Waals surface area contributed by atoms with Crippen molar-refractivity contribution in [2.75, 3.05) is 28.2 Å². The number of aromatic carboxylic acids is 1. The number of aromatic nitrogens is 8. The number of likely N-dealkylation sites (tertiary alicyclic amines) is 2. The van der Waals surface area contributed by atoms with E-state index in [9.17, 15) is 66.8 Å². The zero-order chi connectivity index (χ0) is 102. The van der Waals surface area contributed by atoms with E-state index in [0.29, 0.717) is 107 Å². The van der Waals surface area contributed by atoms with E-state index in [2.05, 4.69) is 45.2 Å². The van der Waals surface area contributed by atoms with Gasteiger partial charge in [-0.05, 0) is 293 Å². The first-order valence-corrected chi connectivity index (χ1v) is 48.3. The summed E-state index contributed by atoms with van der Waals surface area (Å²) in [4.78, 5) is 114. The summed E-state index contributed by atoms with van der Waals surface area (Å²) in [6.45, 7) is 11.9. The lowest BCUT2D eigenvalue weighted by molar-refractivity contribution is -0.00520. The Balaban J connectivity index is 0.000000192. The molecule has 5 amide bonds. The van der Waals surface area contributed by atoms with E-state index < -0.39 is 89.6 Å². The summed E-state index contributed by atoms with van der Waals surface area (Å²) in [5.41, 5.74) is 9.57. The van der Waals surface area contributed by atoms with Crippen LogP contribution in [-0.2, 0) is 61.3 Å². The van der Waals surface area contributed by atoms with Crippen LogP contribution in [0.3, 0.4) is 0 Å². The second kappa shape index (κ2) is 53.1. The van der Waals surface area contributed by atoms with Crippen molar-refractivity contribution in [1.82, 2.24) is 69.7 Å². The number of nitrogens with one attached hydrogen (secondary N) is 1. The van der Waals surface area contributed by atoms with Crippen LogP contribution in [0, 0.1) is 47.5 Å². The molecule has 2 saturated heterocycles. The largest absolute Gasteiger partial charge is 0.478 e. The van der Waals surface area contributed by atoms with Crippen molar-refractivity contribution in [3.05, 3.63) is 381 Å². The average molecular weight is 1990 g/mol. The monoisotopic (exact) mass is 1990 g/mol. The van der Waals surface area contributed by atoms with Crippen molar-refractivity contribution >= 4 is 48.3 Å². The highest BCUT2D eigenvalue weighted by Gasteiger charge is 2.45. The molecule has 6 N–H and O–H groups in total. The van der Waals surface area contributed by atoms with E-state index in [1.165, 1.54) is 50.6 Å². The number of aliphatic hydroxyl groups excluding tert-OH is 4. The smallest absolute Gasteiger partial charge is 0.410 e. The molecule has 16 rings (SSSR count). The van der Waals surface area contributed by atoms with E-state index in [0.717, 1.165) is 73.6 Å². The first-order valence-electron chi connectivity index (χ1n) is 48.3. The number of hydrogen-bond donors (Lipinski definition) is 6. The minimum Gasteiger partial charge on any atom is -0.478 e. The number of halogens is 5. The van der Waals surface area contributed by atoms with E-state index >= 15 is 0 Å². The number of benzene rings is 4. The Morgan fingerprint density at radius 3 is 0.931 bits per heavy atom. The molecule has 0 unspecified atom stereocenters. The third kappa shape index (κ3) is 31.9. The molecule has 0 bridgehead atoms. The average Bonchev–Trinajstić information content (AvgIpc) is 1.65. The Bertz CT molecular complexity index is 5940. The van der Waals surface area contributed by atoms with Crippen LogP contribution in [0.4, 0.5) is 27.2 Å². The SMILES string of the molecule is CC(C)(C)OC(=O)N1[C@H](Cc2ccc(C(=O)O)cc2)CC[C@@H]1[C@H](O)c1cccnc1.CN(Cc1cccnc1F)C(=O)c1ccc(C[C@@H]2CC[C@H]([C@H](O)c3cccnc3)C2)cc1.CN(Cc1cccnc1F)C(=O)c1ccc(C[C@@H]2CC[C@H]([C@H](O)c3cccnc3)C2)cc1.CN(Cc1cccnc1F)C(=O)c1ccc(C[C@@H]2CC[C@H]([C@H](O)c3cccnc3)N2C(=O)OC(C)(C)C)cc1.CNCc1cccnc1F.Cl.[HH]. The van der Waals surface area contributed by atoms with Crippen molar-refractivity contribution in [2.24, 2.45) is 23.7 Å². The molecule has 12 atom stereocenters. The predicted molar refractivity (Wildman–Crippen MR) is 542 cm³/mol. The normalized spacial score (nSPS) is 18.2. The Hall–Kier alpha value is -13.7. The molecule has 4 aliphatic rings. The lowest BCUT2D eigenvalue weighted by atomic mass is 9.92. The van der Waals surface area contributed by atoms with Gasteiger partial charge in [-0.15, -0.1) is 12.4 Å². The van der Waals surface area contributed by atoms with E-state index in [4.69, 9.17) is 14.6 Å². The van der Waals surface area contributed by atoms with Gasteiger partial charge in [0.05, 0.1) is 49.5 Å². The van der Waals surface area contributed by atoms with Gasteiger partial charge in [-0.3, -0.25) is 44.1 Å². The molecule has 144 heavy (non-hydrogen) atoms. The number of nitrogens with zero attached hydrogens (tertiary/aromatic N) is 13. The lowest BCUT2D eigenvalue weighted by Gasteiger charge is -2.34. The molecule has 2 aliphatic carbocycles. The Morgan fingerprint density at radius 2 is 0.660 bits per heavy atom. The molecule has 27 nitrogen and oxygen atoms in total. The summed E-state index contributed by atoms with van der Waals surface area (Å²) >= 11 is 0. The van der Waals surface area contributed by atoms with Gasteiger partial charge in [0.25, 0.3) is 17.7 Å². The molecule has 0 spiro atoms. The van der Waals surface area contributed by atoms with Crippen LogP contribution in [0.5, 0.6) is 0 Å². The summed E-state index contributed by atoms with van der Waals surface area (Å²) in [7, 11) is 6.71. The van der Waals surface area contributed by atoms with E-state index in [1.807, 2.05) is 126 Å². The number of carboxylic acids is 1. The quantitative estimate of drug-likeness (QED) is 0.0196. The van der Waals surface area contributed by atoms with Crippen molar-refractivity contribution < 1.29 is 82.8 Å². The Kier molecular flexibility index (Phi) is 40.8. The fourth-order valence-electron chi connectivity index (χ4n) is 18.7. The van der Waals surface area contributed by atoms with Crippen LogP contribution in [0.1, 0.15) is 240 Å².